The van der Waals surface area contributed by atoms with Crippen LogP contribution in [0.25, 0.3) is 11.3 Å². The Labute approximate surface area is 456 Å². The zero-order valence-corrected chi connectivity index (χ0v) is 45.1. The summed E-state index contributed by atoms with van der Waals surface area (Å²) >= 11 is 19.0. The predicted molar refractivity (Wildman–Crippen MR) is 294 cm³/mol. The Bertz CT molecular complexity index is 3090. The molecule has 0 aliphatic carbocycles. The van der Waals surface area contributed by atoms with E-state index in [0.29, 0.717) is 111 Å². The SMILES string of the molecule is COc1cc(Cc2ncc3c(n2)-c2ccc(Cl)cc2C(c2c(F)cccc2OC)=NC3)ccc1C(=O)CCCOCCOCCNC(=O)CC(=O)N1C[C@H](CC(C)C)N(c2ncc(Cl)cc2N)[C@H](c2ccc(Cl)cc2)C1. The van der Waals surface area contributed by atoms with E-state index in [9.17, 15) is 14.4 Å². The third-order valence-corrected chi connectivity index (χ3v) is 13.8. The van der Waals surface area contributed by atoms with Gasteiger partial charge in [0.1, 0.15) is 29.6 Å². The number of fused-ring (bicyclic) bond motifs is 3. The van der Waals surface area contributed by atoms with E-state index in [0.717, 1.165) is 28.7 Å². The van der Waals surface area contributed by atoms with E-state index < -0.39 is 11.7 Å². The molecule has 2 aliphatic rings. The maximum absolute atomic E-state index is 15.4. The summed E-state index contributed by atoms with van der Waals surface area (Å²) in [5.74, 6) is 0.966. The van der Waals surface area contributed by atoms with Crippen LogP contribution in [0.15, 0.2) is 102 Å². The zero-order valence-electron chi connectivity index (χ0n) is 42.8. The first-order valence-electron chi connectivity index (χ1n) is 25.1. The second-order valence-electron chi connectivity index (χ2n) is 18.9. The fourth-order valence-electron chi connectivity index (χ4n) is 9.63. The van der Waals surface area contributed by atoms with Crippen LogP contribution >= 0.6 is 34.8 Å². The standard InChI is InChI=1S/C57H60Cl3FN8O7/c1-34(2)23-41-32-68(33-47(36-11-13-38(58)14-12-36)69(41)57-46(62)27-40(60)31-66-57)53(72)28-52(71)63-18-20-76-22-21-75-19-6-8-48(70)43-16-10-35(24-50(43)74-4)25-51-64-29-37-30-65-56(54-45(61)7-5-9-49(54)73-3)44-26-39(59)15-17-42(44)55(37)67-51/h5,7,9-17,24,26-27,29,31,34,41,47H,6,8,18-23,25,28,30,32-33,62H2,1-4H3,(H,63,71)/t41-,47-/m0/s1. The highest BCUT2D eigenvalue weighted by Crippen LogP contribution is 2.40. The van der Waals surface area contributed by atoms with Crippen molar-refractivity contribution in [3.8, 4) is 22.8 Å². The number of benzene rings is 4. The molecule has 0 saturated carbocycles. The van der Waals surface area contributed by atoms with E-state index in [1.54, 1.807) is 53.7 Å². The number of carbonyl (C=O) groups excluding carboxylic acids is 3. The fraction of sp³-hybridized carbons (Fsp3) is 0.351. The summed E-state index contributed by atoms with van der Waals surface area (Å²) in [7, 11) is 3.01. The van der Waals surface area contributed by atoms with E-state index in [4.69, 9.17) is 69.5 Å². The summed E-state index contributed by atoms with van der Waals surface area (Å²) in [4.78, 5) is 63.1. The zero-order chi connectivity index (χ0) is 53.9. The Morgan fingerprint density at radius 3 is 2.34 bits per heavy atom. The largest absolute Gasteiger partial charge is 0.496 e. The third kappa shape index (κ3) is 13.6. The number of ether oxygens (including phenoxy) is 4. The van der Waals surface area contributed by atoms with Gasteiger partial charge in [0.05, 0.1) is 79.9 Å². The monoisotopic (exact) mass is 1090 g/mol. The second-order valence-corrected chi connectivity index (χ2v) is 20.3. The number of pyridine rings is 1. The molecule has 0 spiro atoms. The summed E-state index contributed by atoms with van der Waals surface area (Å²) in [6, 6.07) is 24.2. The number of nitrogens with zero attached hydrogens (tertiary/aromatic N) is 6. The summed E-state index contributed by atoms with van der Waals surface area (Å²) < 4.78 is 38.0. The minimum atomic E-state index is -0.470. The van der Waals surface area contributed by atoms with Crippen molar-refractivity contribution < 1.29 is 37.7 Å². The number of nitrogens with two attached hydrogens (primary N) is 1. The number of nitrogen functional groups attached to an aromatic ring is 1. The third-order valence-electron chi connectivity index (χ3n) is 13.1. The average Bonchev–Trinajstić information content (AvgIpc) is 3.55. The minimum Gasteiger partial charge on any atom is -0.496 e. The first-order chi connectivity index (χ1) is 36.7. The van der Waals surface area contributed by atoms with Gasteiger partial charge in [-0.15, -0.1) is 0 Å². The number of halogens is 4. The van der Waals surface area contributed by atoms with Gasteiger partial charge in [-0.05, 0) is 84.5 Å². The lowest BCUT2D eigenvalue weighted by atomic mass is 9.93. The maximum Gasteiger partial charge on any atom is 0.232 e. The van der Waals surface area contributed by atoms with E-state index in [2.05, 4.69) is 34.0 Å². The number of aromatic nitrogens is 3. The molecule has 0 bridgehead atoms. The van der Waals surface area contributed by atoms with Crippen LogP contribution < -0.4 is 25.4 Å². The molecule has 2 aliphatic heterocycles. The maximum atomic E-state index is 15.4. The van der Waals surface area contributed by atoms with Crippen LogP contribution in [0.3, 0.4) is 0 Å². The molecule has 2 atom stereocenters. The number of hydrogen-bond acceptors (Lipinski definition) is 13. The fourth-order valence-corrected chi connectivity index (χ4v) is 10.1. The summed E-state index contributed by atoms with van der Waals surface area (Å²) in [5.41, 5.74) is 12.6. The lowest BCUT2D eigenvalue weighted by Crippen LogP contribution is -2.57. The topological polar surface area (TPSA) is 184 Å². The Balaban J connectivity index is 0.767. The molecule has 1 saturated heterocycles. The Morgan fingerprint density at radius 2 is 1.59 bits per heavy atom. The molecule has 8 rings (SSSR count). The molecule has 19 heteroatoms. The lowest BCUT2D eigenvalue weighted by molar-refractivity contribution is -0.137. The first-order valence-corrected chi connectivity index (χ1v) is 26.2. The molecule has 6 aromatic rings. The molecule has 0 unspecified atom stereocenters. The molecule has 398 valence electrons. The molecule has 4 heterocycles. The predicted octanol–water partition coefficient (Wildman–Crippen LogP) is 10.2. The van der Waals surface area contributed by atoms with Crippen molar-refractivity contribution in [2.75, 3.05) is 70.9 Å². The number of carbonyl (C=O) groups is 3. The number of ketones is 1. The molecule has 15 nitrogen and oxygen atoms in total. The van der Waals surface area contributed by atoms with Crippen LogP contribution in [0.2, 0.25) is 15.1 Å². The smallest absolute Gasteiger partial charge is 0.232 e. The molecule has 2 amide bonds. The summed E-state index contributed by atoms with van der Waals surface area (Å²) in [6.45, 7) is 6.52. The van der Waals surface area contributed by atoms with Gasteiger partial charge >= 0.3 is 0 Å². The van der Waals surface area contributed by atoms with Crippen LogP contribution in [-0.2, 0) is 32.0 Å². The number of anilines is 2. The first kappa shape index (κ1) is 55.5. The number of hydrogen-bond donors (Lipinski definition) is 2. The van der Waals surface area contributed by atoms with Gasteiger partial charge in [0.2, 0.25) is 11.8 Å². The van der Waals surface area contributed by atoms with Crippen molar-refractivity contribution in [1.82, 2.24) is 25.2 Å². The number of piperazine rings is 1. The number of aliphatic imine (C=N–C) groups is 1. The molecule has 2 aromatic heterocycles. The van der Waals surface area contributed by atoms with Crippen LogP contribution in [0.4, 0.5) is 15.9 Å². The number of nitrogens with one attached hydrogen (secondary N) is 1. The number of amides is 2. The van der Waals surface area contributed by atoms with Gasteiger partial charge in [-0.25, -0.2) is 19.3 Å². The molecule has 76 heavy (non-hydrogen) atoms. The van der Waals surface area contributed by atoms with Crippen molar-refractivity contribution in [2.24, 2.45) is 10.9 Å². The van der Waals surface area contributed by atoms with Crippen LogP contribution in [-0.4, -0.2) is 109 Å². The number of rotatable bonds is 22. The molecule has 4 aromatic carbocycles. The average molecular weight is 1090 g/mol. The summed E-state index contributed by atoms with van der Waals surface area (Å²) in [5, 5.41) is 4.28. The molecular weight excluding hydrogens is 1030 g/mol. The van der Waals surface area contributed by atoms with Gasteiger partial charge in [0.15, 0.2) is 11.6 Å². The van der Waals surface area contributed by atoms with Crippen molar-refractivity contribution in [2.45, 2.75) is 64.6 Å². The number of methoxy groups -OCH3 is 2. The van der Waals surface area contributed by atoms with Crippen LogP contribution in [0, 0.1) is 11.7 Å². The van der Waals surface area contributed by atoms with Gasteiger partial charge in [0.25, 0.3) is 0 Å². The Kier molecular flexibility index (Phi) is 18.9. The number of Topliss-reactive ketones (excluding diaryl/α,β-unsaturated/α-hetero) is 1. The Morgan fingerprint density at radius 1 is 0.829 bits per heavy atom. The quantitative estimate of drug-likeness (QED) is 0.0373. The van der Waals surface area contributed by atoms with Crippen LogP contribution in [0.1, 0.15) is 89.6 Å². The Hall–Kier alpha value is -6.69. The highest BCUT2D eigenvalue weighted by Gasteiger charge is 2.39. The van der Waals surface area contributed by atoms with E-state index in [-0.39, 0.29) is 68.5 Å². The normalized spacial score (nSPS) is 15.1. The van der Waals surface area contributed by atoms with Gasteiger partial charge in [-0.3, -0.25) is 19.4 Å². The van der Waals surface area contributed by atoms with Crippen molar-refractivity contribution >= 4 is 69.6 Å². The van der Waals surface area contributed by atoms with E-state index in [1.165, 1.54) is 20.3 Å². The molecule has 3 N–H and O–H groups in total. The van der Waals surface area contributed by atoms with Gasteiger partial charge in [-0.1, -0.05) is 79.0 Å². The molecule has 0 radical (unpaired) electrons. The van der Waals surface area contributed by atoms with Gasteiger partial charge < -0.3 is 39.8 Å². The highest BCUT2D eigenvalue weighted by molar-refractivity contribution is 6.32. The van der Waals surface area contributed by atoms with E-state index in [1.807, 2.05) is 42.5 Å². The highest BCUT2D eigenvalue weighted by atomic mass is 35.5. The lowest BCUT2D eigenvalue weighted by Gasteiger charge is -2.48. The minimum absolute atomic E-state index is 0.0873. The van der Waals surface area contributed by atoms with Crippen LogP contribution in [0.5, 0.6) is 11.5 Å². The van der Waals surface area contributed by atoms with Gasteiger partial charge in [-0.2, -0.15) is 0 Å². The van der Waals surface area contributed by atoms with Crippen molar-refractivity contribution in [3.63, 3.8) is 0 Å². The van der Waals surface area contributed by atoms with Crippen molar-refractivity contribution in [1.29, 1.82) is 0 Å². The molecular formula is C57H60Cl3FN8O7. The second kappa shape index (κ2) is 25.9. The molecule has 1 fully saturated rings. The van der Waals surface area contributed by atoms with E-state index >= 15 is 4.39 Å². The summed E-state index contributed by atoms with van der Waals surface area (Å²) in [6.07, 6.45) is 4.82. The van der Waals surface area contributed by atoms with Gasteiger partial charge in [0, 0.05) is 84.3 Å². The van der Waals surface area contributed by atoms with Crippen molar-refractivity contribution in [3.05, 3.63) is 157 Å².